The Morgan fingerprint density at radius 2 is 1.81 bits per heavy atom. The van der Waals surface area contributed by atoms with Gasteiger partial charge >= 0.3 is 0 Å². The van der Waals surface area contributed by atoms with Crippen LogP contribution < -0.4 is 0 Å². The molecule has 1 saturated carbocycles. The summed E-state index contributed by atoms with van der Waals surface area (Å²) in [5, 5.41) is 0. The van der Waals surface area contributed by atoms with E-state index in [-0.39, 0.29) is 0 Å². The van der Waals surface area contributed by atoms with Crippen LogP contribution in [0.1, 0.15) is 31.2 Å². The van der Waals surface area contributed by atoms with Crippen molar-refractivity contribution in [2.75, 3.05) is 5.88 Å². The lowest BCUT2D eigenvalue weighted by atomic mass is 9.87. The highest BCUT2D eigenvalue weighted by Gasteiger charge is 2.24. The van der Waals surface area contributed by atoms with Gasteiger partial charge in [0.2, 0.25) is 0 Å². The third-order valence-corrected chi connectivity index (χ3v) is 4.60. The van der Waals surface area contributed by atoms with Crippen molar-refractivity contribution in [2.45, 2.75) is 32.1 Å². The predicted octanol–water partition coefficient (Wildman–Crippen LogP) is 5.04. The van der Waals surface area contributed by atoms with Gasteiger partial charge in [-0.15, -0.1) is 11.6 Å². The van der Waals surface area contributed by atoms with Gasteiger partial charge in [0.05, 0.1) is 0 Å². The number of halogens is 2. The first kappa shape index (κ1) is 12.4. The maximum atomic E-state index is 6.12. The molecule has 1 aromatic rings. The third-order valence-electron chi connectivity index (χ3n) is 3.68. The minimum absolute atomic E-state index is 0.672. The van der Waals surface area contributed by atoms with Crippen LogP contribution in [0.3, 0.4) is 0 Å². The summed E-state index contributed by atoms with van der Waals surface area (Å²) in [6.07, 6.45) is 6.71. The summed E-state index contributed by atoms with van der Waals surface area (Å²) in [4.78, 5) is 0. The molecule has 0 radical (unpaired) electrons. The molecule has 0 nitrogen and oxygen atoms in total. The van der Waals surface area contributed by atoms with Crippen LogP contribution in [-0.2, 0) is 6.42 Å². The van der Waals surface area contributed by atoms with Gasteiger partial charge in [-0.05, 0) is 36.0 Å². The van der Waals surface area contributed by atoms with Gasteiger partial charge in [-0.1, -0.05) is 53.7 Å². The van der Waals surface area contributed by atoms with Gasteiger partial charge in [-0.2, -0.15) is 0 Å². The van der Waals surface area contributed by atoms with E-state index in [1.54, 1.807) is 0 Å². The smallest absolute Gasteiger partial charge is 0.0257 e. The van der Waals surface area contributed by atoms with Crippen molar-refractivity contribution >= 4 is 27.5 Å². The van der Waals surface area contributed by atoms with E-state index in [9.17, 15) is 0 Å². The van der Waals surface area contributed by atoms with Crippen LogP contribution in [0.5, 0.6) is 0 Å². The fraction of sp³-hybridized carbons (Fsp3) is 0.571. The van der Waals surface area contributed by atoms with Crippen LogP contribution in [-0.4, -0.2) is 5.88 Å². The van der Waals surface area contributed by atoms with E-state index in [1.807, 2.05) is 0 Å². The molecule has 1 unspecified atom stereocenters. The molecule has 1 aliphatic rings. The van der Waals surface area contributed by atoms with E-state index in [2.05, 4.69) is 40.2 Å². The quantitative estimate of drug-likeness (QED) is 0.684. The second kappa shape index (κ2) is 6.07. The maximum Gasteiger partial charge on any atom is 0.0257 e. The van der Waals surface area contributed by atoms with Gasteiger partial charge in [0.25, 0.3) is 0 Å². The Bertz CT molecular complexity index is 314. The van der Waals surface area contributed by atoms with Crippen molar-refractivity contribution in [3.05, 3.63) is 34.3 Å². The van der Waals surface area contributed by atoms with Gasteiger partial charge in [0.15, 0.2) is 0 Å². The van der Waals surface area contributed by atoms with Gasteiger partial charge in [0, 0.05) is 10.4 Å². The SMILES string of the molecule is ClCC(Cc1ccc(Br)cc1)C1CCCC1. The zero-order valence-electron chi connectivity index (χ0n) is 9.46. The molecule has 0 amide bonds. The second-order valence-electron chi connectivity index (χ2n) is 4.79. The minimum atomic E-state index is 0.672. The molecule has 0 N–H and O–H groups in total. The van der Waals surface area contributed by atoms with E-state index in [1.165, 1.54) is 31.2 Å². The maximum absolute atomic E-state index is 6.12. The summed E-state index contributed by atoms with van der Waals surface area (Å²) in [5.74, 6) is 2.34. The topological polar surface area (TPSA) is 0 Å². The number of hydrogen-bond donors (Lipinski definition) is 0. The minimum Gasteiger partial charge on any atom is -0.126 e. The summed E-state index contributed by atoms with van der Waals surface area (Å²) in [7, 11) is 0. The average molecular weight is 302 g/mol. The molecule has 1 aromatic carbocycles. The highest BCUT2D eigenvalue weighted by Crippen LogP contribution is 2.34. The van der Waals surface area contributed by atoms with E-state index in [0.29, 0.717) is 5.92 Å². The van der Waals surface area contributed by atoms with Gasteiger partial charge in [-0.3, -0.25) is 0 Å². The first-order valence-electron chi connectivity index (χ1n) is 6.10. The van der Waals surface area contributed by atoms with Crippen LogP contribution in [0, 0.1) is 11.8 Å². The Balaban J connectivity index is 1.97. The fourth-order valence-corrected chi connectivity index (χ4v) is 3.32. The van der Waals surface area contributed by atoms with E-state index in [0.717, 1.165) is 22.7 Å². The van der Waals surface area contributed by atoms with Crippen molar-refractivity contribution in [3.63, 3.8) is 0 Å². The first-order chi connectivity index (χ1) is 7.79. The predicted molar refractivity (Wildman–Crippen MR) is 74.0 cm³/mol. The Morgan fingerprint density at radius 1 is 1.19 bits per heavy atom. The molecule has 0 heterocycles. The van der Waals surface area contributed by atoms with Gasteiger partial charge in [-0.25, -0.2) is 0 Å². The Labute approximate surface area is 112 Å². The van der Waals surface area contributed by atoms with Crippen LogP contribution in [0.2, 0.25) is 0 Å². The molecule has 0 aliphatic heterocycles. The highest BCUT2D eigenvalue weighted by atomic mass is 79.9. The van der Waals surface area contributed by atoms with Gasteiger partial charge in [0.1, 0.15) is 0 Å². The molecule has 1 aliphatic carbocycles. The fourth-order valence-electron chi connectivity index (χ4n) is 2.70. The summed E-state index contributed by atoms with van der Waals surface area (Å²) in [5.41, 5.74) is 1.42. The number of benzene rings is 1. The normalized spacial score (nSPS) is 18.9. The van der Waals surface area contributed by atoms with Gasteiger partial charge < -0.3 is 0 Å². The van der Waals surface area contributed by atoms with Crippen molar-refractivity contribution in [2.24, 2.45) is 11.8 Å². The van der Waals surface area contributed by atoms with Crippen molar-refractivity contribution < 1.29 is 0 Å². The molecular weight excluding hydrogens is 284 g/mol. The van der Waals surface area contributed by atoms with Crippen molar-refractivity contribution in [1.29, 1.82) is 0 Å². The summed E-state index contributed by atoms with van der Waals surface area (Å²) >= 11 is 9.59. The lowest BCUT2D eigenvalue weighted by Crippen LogP contribution is -2.16. The standard InChI is InChI=1S/C14H18BrCl/c15-14-7-5-11(6-8-14)9-13(10-16)12-3-1-2-4-12/h5-8,12-13H,1-4,9-10H2. The number of alkyl halides is 1. The Hall–Kier alpha value is -0.0100. The molecule has 1 atom stereocenters. The van der Waals surface area contributed by atoms with E-state index >= 15 is 0 Å². The molecule has 1 fully saturated rings. The summed E-state index contributed by atoms with van der Waals surface area (Å²) < 4.78 is 1.15. The largest absolute Gasteiger partial charge is 0.126 e. The number of rotatable bonds is 4. The van der Waals surface area contributed by atoms with Crippen LogP contribution in [0.25, 0.3) is 0 Å². The van der Waals surface area contributed by atoms with E-state index in [4.69, 9.17) is 11.6 Å². The Morgan fingerprint density at radius 3 is 2.38 bits per heavy atom. The molecule has 2 heteroatoms. The molecular formula is C14H18BrCl. The molecule has 2 rings (SSSR count). The Kier molecular flexibility index (Phi) is 4.72. The third kappa shape index (κ3) is 3.24. The molecule has 88 valence electrons. The molecule has 0 spiro atoms. The van der Waals surface area contributed by atoms with Crippen LogP contribution >= 0.6 is 27.5 Å². The average Bonchev–Trinajstić information content (AvgIpc) is 2.82. The number of hydrogen-bond acceptors (Lipinski definition) is 0. The lowest BCUT2D eigenvalue weighted by Gasteiger charge is -2.21. The molecule has 0 aromatic heterocycles. The second-order valence-corrected chi connectivity index (χ2v) is 6.01. The van der Waals surface area contributed by atoms with Crippen LogP contribution in [0.4, 0.5) is 0 Å². The van der Waals surface area contributed by atoms with Crippen molar-refractivity contribution in [1.82, 2.24) is 0 Å². The summed E-state index contributed by atoms with van der Waals surface area (Å²) in [6.45, 7) is 0. The lowest BCUT2D eigenvalue weighted by molar-refractivity contribution is 0.369. The van der Waals surface area contributed by atoms with Crippen molar-refractivity contribution in [3.8, 4) is 0 Å². The van der Waals surface area contributed by atoms with Crippen LogP contribution in [0.15, 0.2) is 28.7 Å². The molecule has 16 heavy (non-hydrogen) atoms. The summed E-state index contributed by atoms with van der Waals surface area (Å²) in [6, 6.07) is 8.65. The molecule has 0 bridgehead atoms. The highest BCUT2D eigenvalue weighted by molar-refractivity contribution is 9.10. The van der Waals surface area contributed by atoms with E-state index < -0.39 is 0 Å². The molecule has 0 saturated heterocycles. The first-order valence-corrected chi connectivity index (χ1v) is 7.43. The zero-order chi connectivity index (χ0) is 11.4. The zero-order valence-corrected chi connectivity index (χ0v) is 11.8. The monoisotopic (exact) mass is 300 g/mol.